The normalized spacial score (nSPS) is 19.1. The van der Waals surface area contributed by atoms with Crippen molar-refractivity contribution in [2.24, 2.45) is 0 Å². The van der Waals surface area contributed by atoms with Crippen molar-refractivity contribution in [3.63, 3.8) is 0 Å². The second-order valence-corrected chi connectivity index (χ2v) is 8.43. The van der Waals surface area contributed by atoms with Crippen LogP contribution in [-0.4, -0.2) is 62.3 Å². The number of fused-ring (bicyclic) bond motifs is 1. The van der Waals surface area contributed by atoms with Crippen LogP contribution in [0.2, 0.25) is 0 Å². The van der Waals surface area contributed by atoms with E-state index in [-0.39, 0.29) is 12.1 Å². The highest BCUT2D eigenvalue weighted by Gasteiger charge is 2.55. The van der Waals surface area contributed by atoms with Gasteiger partial charge < -0.3 is 29.9 Å². The first kappa shape index (κ1) is 22.7. The molecule has 30 heavy (non-hydrogen) atoms. The third kappa shape index (κ3) is 3.66. The Morgan fingerprint density at radius 1 is 0.733 bits per heavy atom. The monoisotopic (exact) mass is 468 g/mol. The fourth-order valence-electron chi connectivity index (χ4n) is 2.90. The van der Waals surface area contributed by atoms with Crippen molar-refractivity contribution < 1.29 is 45.6 Å². The molecule has 0 saturated heterocycles. The third-order valence-corrected chi connectivity index (χ3v) is 5.96. The van der Waals surface area contributed by atoms with Crippen LogP contribution in [0.1, 0.15) is 16.4 Å². The summed E-state index contributed by atoms with van der Waals surface area (Å²) in [5.41, 5.74) is -10.1. The van der Waals surface area contributed by atoms with E-state index in [9.17, 15) is 67.0 Å². The zero-order valence-electron chi connectivity index (χ0n) is 13.6. The van der Waals surface area contributed by atoms with Crippen molar-refractivity contribution >= 4 is 43.0 Å². The highest BCUT2D eigenvalue weighted by molar-refractivity contribution is 7.89. The summed E-state index contributed by atoms with van der Waals surface area (Å²) in [5, 5.41) is 61.1. The molecule has 0 aromatic heterocycles. The van der Waals surface area contributed by atoms with Crippen LogP contribution in [0.3, 0.4) is 0 Å². The highest BCUT2D eigenvalue weighted by Crippen LogP contribution is 2.42. The number of nitrogens with zero attached hydrogens (tertiary/aromatic N) is 4. The van der Waals surface area contributed by atoms with Crippen molar-refractivity contribution in [1.29, 1.82) is 0 Å². The molecule has 1 aromatic rings. The lowest BCUT2D eigenvalue weighted by Crippen LogP contribution is -2.52. The van der Waals surface area contributed by atoms with Crippen LogP contribution in [0.15, 0.2) is 12.1 Å². The molecule has 2 rings (SSSR count). The Morgan fingerprint density at radius 3 is 1.57 bits per heavy atom. The van der Waals surface area contributed by atoms with Gasteiger partial charge in [0.25, 0.3) is 11.4 Å². The van der Waals surface area contributed by atoms with E-state index in [2.05, 4.69) is 0 Å². The number of hydrogen-bond acceptors (Lipinski definition) is 14. The van der Waals surface area contributed by atoms with Crippen molar-refractivity contribution in [2.75, 3.05) is 0 Å². The number of nitro groups is 2. The lowest BCUT2D eigenvalue weighted by Gasteiger charge is -2.34. The molecule has 0 fully saturated rings. The van der Waals surface area contributed by atoms with Crippen LogP contribution in [0.5, 0.6) is 0 Å². The summed E-state index contributed by atoms with van der Waals surface area (Å²) in [6.07, 6.45) is 0. The Labute approximate surface area is 164 Å². The molecule has 0 saturated carbocycles. The molecule has 1 aliphatic rings. The maximum atomic E-state index is 11.7. The van der Waals surface area contributed by atoms with Gasteiger partial charge in [-0.25, -0.2) is 16.8 Å². The Balaban J connectivity index is 3.32. The van der Waals surface area contributed by atoms with Crippen LogP contribution in [0, 0.1) is 41.1 Å². The summed E-state index contributed by atoms with van der Waals surface area (Å²) in [4.78, 5) is 15.9. The van der Waals surface area contributed by atoms with Crippen LogP contribution < -0.4 is 0 Å². The second kappa shape index (κ2) is 7.01. The maximum Gasteiger partial charge on any atom is 0.290 e. The summed E-state index contributed by atoms with van der Waals surface area (Å²) in [7, 11) is -12.3. The summed E-state index contributed by atoms with van der Waals surface area (Å²) >= 11 is 0. The molecule has 18 nitrogen and oxygen atoms in total. The van der Waals surface area contributed by atoms with E-state index in [1.165, 1.54) is 0 Å². The van der Waals surface area contributed by atoms with Gasteiger partial charge >= 0.3 is 0 Å². The van der Waals surface area contributed by atoms with E-state index in [4.69, 9.17) is 0 Å². The minimum atomic E-state index is -6.19. The molecule has 0 bridgehead atoms. The SMILES string of the molecule is O=[N+]([O-])c1cc2c(c([N+](=O)[O-])c1)C(=[N+]([O-])[O-])C(S(=O)(=O)[O-])C(=[N+]([O-])[O-])C2S(=O)(=O)[O-]. The van der Waals surface area contributed by atoms with Gasteiger partial charge in [-0.3, -0.25) is 20.2 Å². The van der Waals surface area contributed by atoms with Crippen molar-refractivity contribution in [3.05, 3.63) is 64.3 Å². The molecular weight excluding hydrogens is 464 g/mol. The summed E-state index contributed by atoms with van der Waals surface area (Å²) in [5.74, 6) is 0. The van der Waals surface area contributed by atoms with Crippen LogP contribution >= 0.6 is 0 Å². The number of hydrogen-bond donors (Lipinski definition) is 0. The first-order valence-electron chi connectivity index (χ1n) is 6.89. The van der Waals surface area contributed by atoms with Crippen LogP contribution in [-0.2, 0) is 20.2 Å². The minimum absolute atomic E-state index is 0.0719. The van der Waals surface area contributed by atoms with E-state index in [0.29, 0.717) is 0 Å². The lowest BCUT2D eigenvalue weighted by molar-refractivity contribution is -0.396. The Bertz CT molecular complexity index is 1240. The maximum absolute atomic E-state index is 11.7. The first-order valence-corrected chi connectivity index (χ1v) is 9.83. The Hall–Kier alpha value is -3.62. The molecule has 2 unspecified atom stereocenters. The third-order valence-electron chi connectivity index (χ3n) is 3.85. The van der Waals surface area contributed by atoms with E-state index in [1.54, 1.807) is 0 Å². The molecule has 0 radical (unpaired) electrons. The summed E-state index contributed by atoms with van der Waals surface area (Å²) in [6.45, 7) is 0. The first-order chi connectivity index (χ1) is 13.5. The van der Waals surface area contributed by atoms with E-state index in [1.807, 2.05) is 0 Å². The second-order valence-electron chi connectivity index (χ2n) is 5.51. The van der Waals surface area contributed by atoms with Crippen LogP contribution in [0.25, 0.3) is 0 Å². The molecule has 0 aliphatic heterocycles. The Morgan fingerprint density at radius 2 is 1.23 bits per heavy atom. The molecular formula is C10H4N4O14S2-4. The van der Waals surface area contributed by atoms with Gasteiger partial charge in [0.05, 0.1) is 15.9 Å². The van der Waals surface area contributed by atoms with Crippen molar-refractivity contribution in [3.8, 4) is 0 Å². The summed E-state index contributed by atoms with van der Waals surface area (Å²) < 4.78 is 69.8. The lowest BCUT2D eigenvalue weighted by atomic mass is 9.86. The smallest absolute Gasteiger partial charge is 0.290 e. The van der Waals surface area contributed by atoms with Crippen molar-refractivity contribution in [1.82, 2.24) is 0 Å². The van der Waals surface area contributed by atoms with Gasteiger partial charge in [-0.05, 0) is 0 Å². The molecule has 20 heteroatoms. The van der Waals surface area contributed by atoms with Crippen molar-refractivity contribution in [2.45, 2.75) is 10.5 Å². The molecule has 2 atom stereocenters. The quantitative estimate of drug-likeness (QED) is 0.205. The topological polar surface area (TPSA) is 299 Å². The number of rotatable bonds is 4. The molecule has 0 N–H and O–H groups in total. The summed E-state index contributed by atoms with van der Waals surface area (Å²) in [6, 6.07) is 0.172. The molecule has 1 aromatic carbocycles. The van der Waals surface area contributed by atoms with Gasteiger partial charge in [0.2, 0.25) is 16.7 Å². The zero-order valence-corrected chi connectivity index (χ0v) is 15.3. The molecule has 164 valence electrons. The van der Waals surface area contributed by atoms with Gasteiger partial charge in [0.15, 0.2) is 5.25 Å². The Kier molecular flexibility index (Phi) is 5.30. The van der Waals surface area contributed by atoms with Gasteiger partial charge in [-0.15, -0.1) is 0 Å². The fraction of sp³-hybridized carbons (Fsp3) is 0.200. The predicted molar refractivity (Wildman–Crippen MR) is 88.8 cm³/mol. The molecule has 0 heterocycles. The van der Waals surface area contributed by atoms with Gasteiger partial charge in [0.1, 0.15) is 25.8 Å². The van der Waals surface area contributed by atoms with E-state index >= 15 is 0 Å². The van der Waals surface area contributed by atoms with E-state index < -0.39 is 84.3 Å². The van der Waals surface area contributed by atoms with Gasteiger partial charge in [0, 0.05) is 11.6 Å². The average molecular weight is 468 g/mol. The number of non-ortho nitro benzene ring substituents is 1. The standard InChI is InChI=1S/C10H6N4O14S2/c15-11(16)3-1-4-6(5(2-3)12(17)18)7(13(19)20)10(30(26,27)28)8(14(21)22)9(4)29(23,24)25/h1-2,9-10H,(H2-2,19,20,21,22,23,24,25,26,27,28)/q-2/p-2. The zero-order chi connectivity index (χ0) is 23.3. The molecule has 1 aliphatic carbocycles. The number of benzene rings is 1. The van der Waals surface area contributed by atoms with Gasteiger partial charge in [-0.1, -0.05) is 0 Å². The largest absolute Gasteiger partial charge is 0.747 e. The fourth-order valence-corrected chi connectivity index (χ4v) is 5.00. The minimum Gasteiger partial charge on any atom is -0.747 e. The van der Waals surface area contributed by atoms with Gasteiger partial charge in [-0.2, -0.15) is 9.80 Å². The van der Waals surface area contributed by atoms with Crippen LogP contribution in [0.4, 0.5) is 11.4 Å². The highest BCUT2D eigenvalue weighted by atomic mass is 32.2. The average Bonchev–Trinajstić information content (AvgIpc) is 2.55. The molecule has 0 amide bonds. The predicted octanol–water partition coefficient (Wildman–Crippen LogP) is -1.74. The number of nitro benzene ring substituents is 2. The molecule has 0 spiro atoms. The van der Waals surface area contributed by atoms with E-state index in [0.717, 1.165) is 0 Å².